The Labute approximate surface area is 80.1 Å². The molecule has 0 unspecified atom stereocenters. The van der Waals surface area contributed by atoms with E-state index in [4.69, 9.17) is 0 Å². The maximum absolute atomic E-state index is 11.4. The largest absolute Gasteiger partial charge is 0.345 e. The van der Waals surface area contributed by atoms with Crippen LogP contribution in [-0.4, -0.2) is 29.5 Å². The molecule has 3 nitrogen and oxygen atoms in total. The number of hydrogen-bond acceptors (Lipinski definition) is 1. The van der Waals surface area contributed by atoms with Crippen molar-refractivity contribution in [3.05, 3.63) is 22.4 Å². The van der Waals surface area contributed by atoms with Gasteiger partial charge in [-0.05, 0) is 22.0 Å². The van der Waals surface area contributed by atoms with Crippen molar-refractivity contribution in [2.24, 2.45) is 7.05 Å². The standard InChI is InChI=1S/C8H11BrN2O/c1-10(2)8(12)6-4-7(9)11(3)5-6/h4-5H,1-3H3. The van der Waals surface area contributed by atoms with Gasteiger partial charge >= 0.3 is 0 Å². The van der Waals surface area contributed by atoms with E-state index in [-0.39, 0.29) is 5.91 Å². The average molecular weight is 231 g/mol. The monoisotopic (exact) mass is 230 g/mol. The summed E-state index contributed by atoms with van der Waals surface area (Å²) in [6, 6.07) is 1.81. The number of aromatic nitrogens is 1. The molecule has 0 fully saturated rings. The molecule has 1 amide bonds. The zero-order valence-corrected chi connectivity index (χ0v) is 8.92. The highest BCUT2D eigenvalue weighted by molar-refractivity contribution is 9.10. The molecule has 0 aliphatic rings. The van der Waals surface area contributed by atoms with Crippen LogP contribution in [0.4, 0.5) is 0 Å². The van der Waals surface area contributed by atoms with Gasteiger partial charge in [-0.2, -0.15) is 0 Å². The van der Waals surface area contributed by atoms with Gasteiger partial charge in [-0.25, -0.2) is 0 Å². The van der Waals surface area contributed by atoms with Crippen molar-refractivity contribution in [2.75, 3.05) is 14.1 Å². The van der Waals surface area contributed by atoms with E-state index in [1.54, 1.807) is 25.2 Å². The quantitative estimate of drug-likeness (QED) is 0.718. The van der Waals surface area contributed by atoms with Gasteiger partial charge in [0.05, 0.1) is 10.2 Å². The van der Waals surface area contributed by atoms with E-state index in [0.29, 0.717) is 5.56 Å². The van der Waals surface area contributed by atoms with Crippen LogP contribution in [-0.2, 0) is 7.05 Å². The Bertz CT molecular complexity index is 285. The Morgan fingerprint density at radius 2 is 2.17 bits per heavy atom. The summed E-state index contributed by atoms with van der Waals surface area (Å²) in [5.74, 6) is 0.0244. The van der Waals surface area contributed by atoms with Crippen LogP contribution in [0.5, 0.6) is 0 Å². The number of carbonyl (C=O) groups is 1. The fourth-order valence-electron chi connectivity index (χ4n) is 0.913. The molecule has 0 radical (unpaired) electrons. The number of carbonyl (C=O) groups excluding carboxylic acids is 1. The number of aryl methyl sites for hydroxylation is 1. The van der Waals surface area contributed by atoms with Crippen LogP contribution in [0.15, 0.2) is 16.9 Å². The normalized spacial score (nSPS) is 10.0. The summed E-state index contributed by atoms with van der Waals surface area (Å²) in [4.78, 5) is 13.0. The first-order valence-corrected chi connectivity index (χ1v) is 4.35. The van der Waals surface area contributed by atoms with Gasteiger partial charge in [0.2, 0.25) is 0 Å². The summed E-state index contributed by atoms with van der Waals surface area (Å²) in [5.41, 5.74) is 0.703. The first-order chi connectivity index (χ1) is 5.52. The SMILES string of the molecule is CN(C)C(=O)c1cc(Br)n(C)c1. The third-order valence-electron chi connectivity index (χ3n) is 1.60. The lowest BCUT2D eigenvalue weighted by atomic mass is 10.3. The first-order valence-electron chi connectivity index (χ1n) is 3.56. The maximum Gasteiger partial charge on any atom is 0.254 e. The zero-order chi connectivity index (χ0) is 9.30. The third-order valence-corrected chi connectivity index (χ3v) is 2.39. The van der Waals surface area contributed by atoms with Gasteiger partial charge in [-0.1, -0.05) is 0 Å². The molecule has 0 aliphatic carbocycles. The van der Waals surface area contributed by atoms with Gasteiger partial charge in [-0.15, -0.1) is 0 Å². The van der Waals surface area contributed by atoms with Crippen LogP contribution < -0.4 is 0 Å². The molecule has 0 aromatic carbocycles. The molecule has 0 N–H and O–H groups in total. The Hall–Kier alpha value is -0.770. The highest BCUT2D eigenvalue weighted by atomic mass is 79.9. The number of halogens is 1. The minimum atomic E-state index is 0.0244. The Balaban J connectivity index is 2.97. The van der Waals surface area contributed by atoms with Gasteiger partial charge in [0.15, 0.2) is 0 Å². The summed E-state index contributed by atoms with van der Waals surface area (Å²) < 4.78 is 2.77. The number of amides is 1. The lowest BCUT2D eigenvalue weighted by Gasteiger charge is -2.07. The lowest BCUT2D eigenvalue weighted by molar-refractivity contribution is 0.0827. The zero-order valence-electron chi connectivity index (χ0n) is 7.34. The molecule has 1 aromatic rings. The molecule has 0 atom stereocenters. The fraction of sp³-hybridized carbons (Fsp3) is 0.375. The van der Waals surface area contributed by atoms with Crippen molar-refractivity contribution >= 4 is 21.8 Å². The fourth-order valence-corrected chi connectivity index (χ4v) is 1.26. The molecule has 12 heavy (non-hydrogen) atoms. The molecule has 1 heterocycles. The smallest absolute Gasteiger partial charge is 0.254 e. The van der Waals surface area contributed by atoms with Crippen molar-refractivity contribution in [1.82, 2.24) is 9.47 Å². The van der Waals surface area contributed by atoms with Crippen molar-refractivity contribution in [3.63, 3.8) is 0 Å². The predicted molar refractivity (Wildman–Crippen MR) is 51.1 cm³/mol. The summed E-state index contributed by atoms with van der Waals surface area (Å²) in [6.45, 7) is 0. The van der Waals surface area contributed by atoms with E-state index in [2.05, 4.69) is 15.9 Å². The molecule has 1 aromatic heterocycles. The van der Waals surface area contributed by atoms with E-state index >= 15 is 0 Å². The van der Waals surface area contributed by atoms with E-state index in [1.807, 2.05) is 17.7 Å². The summed E-state index contributed by atoms with van der Waals surface area (Å²) in [7, 11) is 5.36. The van der Waals surface area contributed by atoms with E-state index in [0.717, 1.165) is 4.60 Å². The van der Waals surface area contributed by atoms with Crippen LogP contribution in [0.1, 0.15) is 10.4 Å². The molecular formula is C8H11BrN2O. The molecular weight excluding hydrogens is 220 g/mol. The minimum Gasteiger partial charge on any atom is -0.345 e. The molecule has 0 saturated carbocycles. The molecule has 4 heteroatoms. The van der Waals surface area contributed by atoms with Crippen LogP contribution in [0.2, 0.25) is 0 Å². The Kier molecular flexibility index (Phi) is 2.57. The van der Waals surface area contributed by atoms with Gasteiger partial charge in [-0.3, -0.25) is 4.79 Å². The van der Waals surface area contributed by atoms with Gasteiger partial charge in [0.25, 0.3) is 5.91 Å². The summed E-state index contributed by atoms with van der Waals surface area (Å²) >= 11 is 3.33. The Morgan fingerprint density at radius 1 is 1.58 bits per heavy atom. The van der Waals surface area contributed by atoms with Crippen molar-refractivity contribution < 1.29 is 4.79 Å². The topological polar surface area (TPSA) is 25.2 Å². The predicted octanol–water partition coefficient (Wildman–Crippen LogP) is 1.49. The van der Waals surface area contributed by atoms with Crippen LogP contribution in [0.3, 0.4) is 0 Å². The van der Waals surface area contributed by atoms with Crippen molar-refractivity contribution in [2.45, 2.75) is 0 Å². The first kappa shape index (κ1) is 9.32. The van der Waals surface area contributed by atoms with Crippen molar-refractivity contribution in [1.29, 1.82) is 0 Å². The number of nitrogens with zero attached hydrogens (tertiary/aromatic N) is 2. The minimum absolute atomic E-state index is 0.0244. The maximum atomic E-state index is 11.4. The van der Waals surface area contributed by atoms with Gasteiger partial charge < -0.3 is 9.47 Å². The third kappa shape index (κ3) is 1.69. The number of hydrogen-bond donors (Lipinski definition) is 0. The second-order valence-corrected chi connectivity index (χ2v) is 3.67. The van der Waals surface area contributed by atoms with Crippen molar-refractivity contribution in [3.8, 4) is 0 Å². The second kappa shape index (κ2) is 3.31. The molecule has 66 valence electrons. The van der Waals surface area contributed by atoms with Crippen LogP contribution in [0, 0.1) is 0 Å². The Morgan fingerprint density at radius 3 is 2.50 bits per heavy atom. The lowest BCUT2D eigenvalue weighted by Crippen LogP contribution is -2.21. The van der Waals surface area contributed by atoms with E-state index in [9.17, 15) is 4.79 Å². The highest BCUT2D eigenvalue weighted by Crippen LogP contribution is 2.14. The van der Waals surface area contributed by atoms with Crippen LogP contribution in [0.25, 0.3) is 0 Å². The van der Waals surface area contributed by atoms with Gasteiger partial charge in [0, 0.05) is 27.3 Å². The average Bonchev–Trinajstić information content (AvgIpc) is 2.30. The molecule has 0 aliphatic heterocycles. The van der Waals surface area contributed by atoms with E-state index < -0.39 is 0 Å². The molecule has 0 saturated heterocycles. The van der Waals surface area contributed by atoms with E-state index in [1.165, 1.54) is 0 Å². The molecule has 0 spiro atoms. The molecule has 1 rings (SSSR count). The summed E-state index contributed by atoms with van der Waals surface area (Å²) in [5, 5.41) is 0. The summed E-state index contributed by atoms with van der Waals surface area (Å²) in [6.07, 6.45) is 1.80. The number of rotatable bonds is 1. The van der Waals surface area contributed by atoms with Gasteiger partial charge in [0.1, 0.15) is 0 Å². The highest BCUT2D eigenvalue weighted by Gasteiger charge is 2.10. The molecule has 0 bridgehead atoms. The van der Waals surface area contributed by atoms with Crippen LogP contribution >= 0.6 is 15.9 Å². The second-order valence-electron chi connectivity index (χ2n) is 2.86.